The van der Waals surface area contributed by atoms with E-state index in [-0.39, 0.29) is 0 Å². The molecule has 2 atom stereocenters. The highest BCUT2D eigenvalue weighted by atomic mass is 16.5. The Morgan fingerprint density at radius 1 is 1.10 bits per heavy atom. The number of piperidine rings is 1. The lowest BCUT2D eigenvalue weighted by Gasteiger charge is -2.42. The minimum absolute atomic E-state index is 0.426. The first kappa shape index (κ1) is 13.6. The Morgan fingerprint density at radius 2 is 1.75 bits per heavy atom. The van der Waals surface area contributed by atoms with Crippen molar-refractivity contribution in [2.45, 2.75) is 38.0 Å². The first-order chi connectivity index (χ1) is 9.63. The lowest BCUT2D eigenvalue weighted by molar-refractivity contribution is -0.187. The molecule has 0 amide bonds. The van der Waals surface area contributed by atoms with E-state index in [0.29, 0.717) is 5.70 Å². The van der Waals surface area contributed by atoms with E-state index < -0.39 is 11.8 Å². The Balaban J connectivity index is 1.98. The molecule has 2 aliphatic rings. The molecule has 0 bridgehead atoms. The molecule has 4 heteroatoms. The van der Waals surface area contributed by atoms with Gasteiger partial charge in [-0.25, -0.2) is 5.06 Å². The third kappa shape index (κ3) is 2.14. The number of benzene rings is 1. The monoisotopic (exact) mass is 274 g/mol. The van der Waals surface area contributed by atoms with Gasteiger partial charge in [0.15, 0.2) is 0 Å². The second kappa shape index (κ2) is 5.20. The van der Waals surface area contributed by atoms with Gasteiger partial charge in [0.2, 0.25) is 0 Å². The molecular formula is C16H22N2O2. The highest BCUT2D eigenvalue weighted by Gasteiger charge is 2.48. The molecule has 1 aromatic carbocycles. The number of hydroxylamine groups is 2. The Morgan fingerprint density at radius 3 is 2.40 bits per heavy atom. The first-order valence-corrected chi connectivity index (χ1v) is 7.32. The van der Waals surface area contributed by atoms with Gasteiger partial charge in [-0.05, 0) is 31.4 Å². The Bertz CT molecular complexity index is 496. The number of nitrogens with zero attached hydrogens (tertiary/aromatic N) is 2. The van der Waals surface area contributed by atoms with Crippen molar-refractivity contribution in [2.75, 3.05) is 13.1 Å². The fourth-order valence-electron chi connectivity index (χ4n) is 3.37. The van der Waals surface area contributed by atoms with Crippen LogP contribution in [0.25, 0.3) is 0 Å². The van der Waals surface area contributed by atoms with Crippen molar-refractivity contribution in [3.8, 4) is 0 Å². The summed E-state index contributed by atoms with van der Waals surface area (Å²) in [5.74, 6) is 0. The first-order valence-electron chi connectivity index (χ1n) is 7.32. The minimum atomic E-state index is -1.16. The molecule has 1 aromatic rings. The van der Waals surface area contributed by atoms with Gasteiger partial charge in [0, 0.05) is 18.8 Å². The summed E-state index contributed by atoms with van der Waals surface area (Å²) in [5, 5.41) is 22.8. The van der Waals surface area contributed by atoms with Gasteiger partial charge in [0.25, 0.3) is 0 Å². The molecule has 1 saturated heterocycles. The molecule has 2 N–H and O–H groups in total. The van der Waals surface area contributed by atoms with Gasteiger partial charge in [-0.15, -0.1) is 0 Å². The average Bonchev–Trinajstić information content (AvgIpc) is 2.72. The maximum absolute atomic E-state index is 11.2. The van der Waals surface area contributed by atoms with Crippen LogP contribution in [-0.4, -0.2) is 39.5 Å². The Labute approximate surface area is 119 Å². The van der Waals surface area contributed by atoms with E-state index in [1.165, 1.54) is 11.5 Å². The molecule has 2 aliphatic heterocycles. The predicted octanol–water partition coefficient (Wildman–Crippen LogP) is 2.29. The summed E-state index contributed by atoms with van der Waals surface area (Å²) >= 11 is 0. The van der Waals surface area contributed by atoms with Crippen LogP contribution in [0.1, 0.15) is 31.7 Å². The van der Waals surface area contributed by atoms with Crippen molar-refractivity contribution < 1.29 is 10.3 Å². The smallest absolute Gasteiger partial charge is 0.146 e. The van der Waals surface area contributed by atoms with E-state index in [1.54, 1.807) is 6.08 Å². The molecule has 3 rings (SSSR count). The van der Waals surface area contributed by atoms with E-state index in [4.69, 9.17) is 0 Å². The highest BCUT2D eigenvalue weighted by Crippen LogP contribution is 2.40. The molecule has 2 heterocycles. The van der Waals surface area contributed by atoms with Gasteiger partial charge in [-0.3, -0.25) is 10.1 Å². The molecule has 20 heavy (non-hydrogen) atoms. The fourth-order valence-corrected chi connectivity index (χ4v) is 3.37. The van der Waals surface area contributed by atoms with E-state index in [1.807, 2.05) is 37.3 Å². The lowest BCUT2D eigenvalue weighted by atomic mass is 9.90. The van der Waals surface area contributed by atoms with Crippen molar-refractivity contribution >= 4 is 0 Å². The van der Waals surface area contributed by atoms with E-state index in [0.717, 1.165) is 31.5 Å². The predicted molar refractivity (Wildman–Crippen MR) is 76.9 cm³/mol. The van der Waals surface area contributed by atoms with Crippen LogP contribution in [0.15, 0.2) is 42.1 Å². The van der Waals surface area contributed by atoms with Crippen molar-refractivity contribution in [1.29, 1.82) is 0 Å². The number of allylic oxidation sites excluding steroid dienone is 1. The molecule has 1 fully saturated rings. The van der Waals surface area contributed by atoms with Crippen LogP contribution in [-0.2, 0) is 5.60 Å². The van der Waals surface area contributed by atoms with Gasteiger partial charge >= 0.3 is 0 Å². The molecule has 0 radical (unpaired) electrons. The average molecular weight is 274 g/mol. The summed E-state index contributed by atoms with van der Waals surface area (Å²) in [7, 11) is 0. The van der Waals surface area contributed by atoms with Crippen LogP contribution in [0, 0.1) is 0 Å². The number of hydrogen-bond donors (Lipinski definition) is 2. The molecule has 0 saturated carbocycles. The summed E-state index contributed by atoms with van der Waals surface area (Å²) in [6.07, 6.45) is 4.81. The second-order valence-corrected chi connectivity index (χ2v) is 5.79. The molecule has 0 aromatic heterocycles. The maximum atomic E-state index is 11.2. The molecular weight excluding hydrogens is 252 g/mol. The van der Waals surface area contributed by atoms with Crippen LogP contribution in [0.2, 0.25) is 0 Å². The second-order valence-electron chi connectivity index (χ2n) is 5.79. The van der Waals surface area contributed by atoms with Crippen molar-refractivity contribution in [3.63, 3.8) is 0 Å². The van der Waals surface area contributed by atoms with Gasteiger partial charge in [0.05, 0.1) is 0 Å². The zero-order valence-corrected chi connectivity index (χ0v) is 11.9. The van der Waals surface area contributed by atoms with Gasteiger partial charge < -0.3 is 5.11 Å². The summed E-state index contributed by atoms with van der Waals surface area (Å²) in [6, 6.07) is 9.61. The summed E-state index contributed by atoms with van der Waals surface area (Å²) in [6.45, 7) is 3.66. The molecule has 0 spiro atoms. The van der Waals surface area contributed by atoms with Crippen molar-refractivity contribution in [1.82, 2.24) is 9.96 Å². The normalized spacial score (nSPS) is 31.4. The lowest BCUT2D eigenvalue weighted by Crippen LogP contribution is -2.55. The van der Waals surface area contributed by atoms with Crippen LogP contribution in [0.5, 0.6) is 0 Å². The fraction of sp³-hybridized carbons (Fsp3) is 0.500. The largest absolute Gasteiger partial charge is 0.377 e. The van der Waals surface area contributed by atoms with Crippen molar-refractivity contribution in [3.05, 3.63) is 47.7 Å². The number of likely N-dealkylation sites (tertiary alicyclic amines) is 1. The molecule has 4 nitrogen and oxygen atoms in total. The van der Waals surface area contributed by atoms with E-state index in [2.05, 4.69) is 4.90 Å². The van der Waals surface area contributed by atoms with Gasteiger partial charge in [-0.2, -0.15) is 0 Å². The summed E-state index contributed by atoms with van der Waals surface area (Å²) < 4.78 is 0. The van der Waals surface area contributed by atoms with Gasteiger partial charge in [0.1, 0.15) is 11.8 Å². The zero-order valence-electron chi connectivity index (χ0n) is 11.9. The zero-order chi connectivity index (χ0) is 14.2. The number of hydrogen-bond acceptors (Lipinski definition) is 4. The van der Waals surface area contributed by atoms with Crippen molar-refractivity contribution in [2.24, 2.45) is 0 Å². The maximum Gasteiger partial charge on any atom is 0.146 e. The van der Waals surface area contributed by atoms with Gasteiger partial charge in [-0.1, -0.05) is 36.8 Å². The van der Waals surface area contributed by atoms with E-state index >= 15 is 0 Å². The SMILES string of the molecule is CC1=CC(O)(c2ccccc2)C(N2CCCCC2)N1O. The number of rotatable bonds is 2. The summed E-state index contributed by atoms with van der Waals surface area (Å²) in [5.41, 5.74) is 0.371. The standard InChI is InChI=1S/C16H22N2O2/c1-13-12-16(19,14-8-4-2-5-9-14)15(18(13)20)17-10-6-3-7-11-17/h2,4-5,8-9,12,15,19-20H,3,6-7,10-11H2,1H3. The third-order valence-electron chi connectivity index (χ3n) is 4.39. The van der Waals surface area contributed by atoms with Crippen LogP contribution >= 0.6 is 0 Å². The van der Waals surface area contributed by atoms with Crippen LogP contribution in [0.4, 0.5) is 0 Å². The minimum Gasteiger partial charge on any atom is -0.377 e. The third-order valence-corrected chi connectivity index (χ3v) is 4.39. The topological polar surface area (TPSA) is 46.9 Å². The van der Waals surface area contributed by atoms with Crippen LogP contribution < -0.4 is 0 Å². The Kier molecular flexibility index (Phi) is 3.54. The molecule has 108 valence electrons. The number of aliphatic hydroxyl groups is 1. The van der Waals surface area contributed by atoms with E-state index in [9.17, 15) is 10.3 Å². The molecule has 2 unspecified atom stereocenters. The van der Waals surface area contributed by atoms with Crippen LogP contribution in [0.3, 0.4) is 0 Å². The summed E-state index contributed by atoms with van der Waals surface area (Å²) in [4.78, 5) is 2.18. The quantitative estimate of drug-likeness (QED) is 0.868. The highest BCUT2D eigenvalue weighted by molar-refractivity contribution is 5.34. The molecule has 0 aliphatic carbocycles. The Hall–Kier alpha value is -1.36.